The summed E-state index contributed by atoms with van der Waals surface area (Å²) >= 11 is 0. The Kier molecular flexibility index (Phi) is 10.1. The van der Waals surface area contributed by atoms with Crippen molar-refractivity contribution in [1.82, 2.24) is 10.2 Å². The highest BCUT2D eigenvalue weighted by atomic mass is 32.2. The molecule has 0 radical (unpaired) electrons. The predicted molar refractivity (Wildman–Crippen MR) is 137 cm³/mol. The monoisotopic (exact) mass is 487 g/mol. The fourth-order valence-electron chi connectivity index (χ4n) is 3.66. The Morgan fingerprint density at radius 1 is 1.03 bits per heavy atom. The summed E-state index contributed by atoms with van der Waals surface area (Å²) in [5.41, 5.74) is 3.59. The number of hydrogen-bond acceptors (Lipinski definition) is 4. The SMILES string of the molecule is CCCNC(=O)C(C)N(Cc1ccc(C)cc1)C(=O)CCCN(c1cccc(C)c1)S(C)(=O)=O. The molecule has 0 saturated heterocycles. The Bertz CT molecular complexity index is 1070. The third kappa shape index (κ3) is 8.17. The van der Waals surface area contributed by atoms with Crippen LogP contribution in [-0.2, 0) is 26.2 Å². The number of anilines is 1. The van der Waals surface area contributed by atoms with Crippen LogP contribution < -0.4 is 9.62 Å². The molecule has 0 saturated carbocycles. The maximum absolute atomic E-state index is 13.2. The van der Waals surface area contributed by atoms with E-state index < -0.39 is 16.1 Å². The van der Waals surface area contributed by atoms with Gasteiger partial charge in [0.25, 0.3) is 0 Å². The predicted octanol–water partition coefficient (Wildman–Crippen LogP) is 3.79. The molecular weight excluding hydrogens is 450 g/mol. The Labute approximate surface area is 204 Å². The van der Waals surface area contributed by atoms with Crippen molar-refractivity contribution in [2.75, 3.05) is 23.7 Å². The van der Waals surface area contributed by atoms with Crippen molar-refractivity contribution < 1.29 is 18.0 Å². The maximum Gasteiger partial charge on any atom is 0.242 e. The Hall–Kier alpha value is -2.87. The average Bonchev–Trinajstić information content (AvgIpc) is 2.78. The summed E-state index contributed by atoms with van der Waals surface area (Å²) in [4.78, 5) is 27.4. The quantitative estimate of drug-likeness (QED) is 0.493. The largest absolute Gasteiger partial charge is 0.354 e. The van der Waals surface area contributed by atoms with Crippen LogP contribution in [0.1, 0.15) is 49.8 Å². The van der Waals surface area contributed by atoms with Crippen molar-refractivity contribution in [3.8, 4) is 0 Å². The molecule has 0 heterocycles. The standard InChI is InChI=1S/C26H37N3O4S/c1-6-16-27-26(31)22(4)28(19-23-14-12-20(2)13-15-23)25(30)11-8-17-29(34(5,32)33)24-10-7-9-21(3)18-24/h7,9-10,12-15,18,22H,6,8,11,16-17,19H2,1-5H3,(H,27,31). The van der Waals surface area contributed by atoms with Crippen LogP contribution in [-0.4, -0.2) is 50.5 Å². The van der Waals surface area contributed by atoms with Gasteiger partial charge in [-0.3, -0.25) is 13.9 Å². The lowest BCUT2D eigenvalue weighted by Gasteiger charge is -2.29. The van der Waals surface area contributed by atoms with Crippen molar-refractivity contribution >= 4 is 27.5 Å². The van der Waals surface area contributed by atoms with Crippen LogP contribution in [0, 0.1) is 13.8 Å². The lowest BCUT2D eigenvalue weighted by molar-refractivity contribution is -0.140. The molecule has 2 rings (SSSR count). The van der Waals surface area contributed by atoms with Gasteiger partial charge in [0.2, 0.25) is 21.8 Å². The number of aryl methyl sites for hydroxylation is 2. The van der Waals surface area contributed by atoms with Gasteiger partial charge < -0.3 is 10.2 Å². The number of nitrogens with zero attached hydrogens (tertiary/aromatic N) is 2. The number of amides is 2. The fraction of sp³-hybridized carbons (Fsp3) is 0.462. The molecule has 0 aromatic heterocycles. The van der Waals surface area contributed by atoms with Crippen LogP contribution in [0.2, 0.25) is 0 Å². The van der Waals surface area contributed by atoms with Gasteiger partial charge in [-0.05, 0) is 56.9 Å². The number of rotatable bonds is 12. The zero-order chi connectivity index (χ0) is 25.3. The van der Waals surface area contributed by atoms with Crippen molar-refractivity contribution in [3.63, 3.8) is 0 Å². The van der Waals surface area contributed by atoms with Gasteiger partial charge in [0.15, 0.2) is 0 Å². The Balaban J connectivity index is 2.14. The smallest absolute Gasteiger partial charge is 0.242 e. The van der Waals surface area contributed by atoms with Gasteiger partial charge >= 0.3 is 0 Å². The molecular formula is C26H37N3O4S. The molecule has 2 aromatic rings. The highest BCUT2D eigenvalue weighted by Gasteiger charge is 2.26. The normalized spacial score (nSPS) is 12.1. The summed E-state index contributed by atoms with van der Waals surface area (Å²) in [7, 11) is -3.50. The van der Waals surface area contributed by atoms with Gasteiger partial charge in [-0.15, -0.1) is 0 Å². The zero-order valence-corrected chi connectivity index (χ0v) is 21.7. The first-order valence-corrected chi connectivity index (χ1v) is 13.5. The van der Waals surface area contributed by atoms with E-state index in [0.29, 0.717) is 25.2 Å². The average molecular weight is 488 g/mol. The minimum Gasteiger partial charge on any atom is -0.354 e. The fourth-order valence-corrected chi connectivity index (χ4v) is 4.61. The van der Waals surface area contributed by atoms with E-state index in [2.05, 4.69) is 5.32 Å². The summed E-state index contributed by atoms with van der Waals surface area (Å²) in [5, 5.41) is 2.86. The topological polar surface area (TPSA) is 86.8 Å². The van der Waals surface area contributed by atoms with Crippen LogP contribution in [0.3, 0.4) is 0 Å². The molecule has 1 N–H and O–H groups in total. The van der Waals surface area contributed by atoms with E-state index in [9.17, 15) is 18.0 Å². The third-order valence-corrected chi connectivity index (χ3v) is 6.83. The highest BCUT2D eigenvalue weighted by molar-refractivity contribution is 7.92. The first-order valence-electron chi connectivity index (χ1n) is 11.7. The van der Waals surface area contributed by atoms with Gasteiger partial charge in [0.1, 0.15) is 6.04 Å². The van der Waals surface area contributed by atoms with E-state index in [0.717, 1.165) is 23.1 Å². The second-order valence-electron chi connectivity index (χ2n) is 8.75. The van der Waals surface area contributed by atoms with Crippen molar-refractivity contribution in [2.24, 2.45) is 0 Å². The molecule has 0 spiro atoms. The molecule has 0 aliphatic carbocycles. The number of hydrogen-bond donors (Lipinski definition) is 1. The minimum atomic E-state index is -3.50. The molecule has 34 heavy (non-hydrogen) atoms. The molecule has 186 valence electrons. The Morgan fingerprint density at radius 2 is 1.71 bits per heavy atom. The van der Waals surface area contributed by atoms with Crippen LogP contribution in [0.25, 0.3) is 0 Å². The lowest BCUT2D eigenvalue weighted by atomic mass is 10.1. The third-order valence-electron chi connectivity index (χ3n) is 5.63. The molecule has 2 amide bonds. The van der Waals surface area contributed by atoms with Gasteiger partial charge in [-0.25, -0.2) is 8.42 Å². The lowest BCUT2D eigenvalue weighted by Crippen LogP contribution is -2.47. The molecule has 0 bridgehead atoms. The van der Waals surface area contributed by atoms with Gasteiger partial charge in [0, 0.05) is 26.1 Å². The molecule has 7 nitrogen and oxygen atoms in total. The van der Waals surface area contributed by atoms with E-state index in [4.69, 9.17) is 0 Å². The molecule has 1 atom stereocenters. The highest BCUT2D eigenvalue weighted by Crippen LogP contribution is 2.20. The van der Waals surface area contributed by atoms with Gasteiger partial charge in [-0.1, -0.05) is 48.9 Å². The van der Waals surface area contributed by atoms with E-state index in [1.54, 1.807) is 17.9 Å². The van der Waals surface area contributed by atoms with Crippen molar-refractivity contribution in [3.05, 3.63) is 65.2 Å². The van der Waals surface area contributed by atoms with E-state index >= 15 is 0 Å². The van der Waals surface area contributed by atoms with E-state index in [1.807, 2.05) is 63.2 Å². The Morgan fingerprint density at radius 3 is 2.29 bits per heavy atom. The summed E-state index contributed by atoms with van der Waals surface area (Å²) in [6, 6.07) is 14.5. The molecule has 1 unspecified atom stereocenters. The van der Waals surface area contributed by atoms with Crippen LogP contribution in [0.4, 0.5) is 5.69 Å². The number of carbonyl (C=O) groups is 2. The molecule has 2 aromatic carbocycles. The second-order valence-corrected chi connectivity index (χ2v) is 10.7. The van der Waals surface area contributed by atoms with Crippen molar-refractivity contribution in [2.45, 2.75) is 59.5 Å². The molecule has 0 aliphatic rings. The summed E-state index contributed by atoms with van der Waals surface area (Å²) in [6.07, 6.45) is 2.45. The number of carbonyl (C=O) groups excluding carboxylic acids is 2. The first-order chi connectivity index (χ1) is 16.0. The minimum absolute atomic E-state index is 0.134. The summed E-state index contributed by atoms with van der Waals surface area (Å²) in [6.45, 7) is 8.65. The number of nitrogens with one attached hydrogen (secondary N) is 1. The molecule has 0 aliphatic heterocycles. The molecule has 8 heteroatoms. The molecule has 0 fully saturated rings. The van der Waals surface area contributed by atoms with Crippen LogP contribution in [0.5, 0.6) is 0 Å². The van der Waals surface area contributed by atoms with Gasteiger partial charge in [0.05, 0.1) is 11.9 Å². The number of sulfonamides is 1. The second kappa shape index (κ2) is 12.6. The van der Waals surface area contributed by atoms with Crippen LogP contribution >= 0.6 is 0 Å². The van der Waals surface area contributed by atoms with E-state index in [-0.39, 0.29) is 24.8 Å². The summed E-state index contributed by atoms with van der Waals surface area (Å²) in [5.74, 6) is -0.378. The van der Waals surface area contributed by atoms with Crippen molar-refractivity contribution in [1.29, 1.82) is 0 Å². The maximum atomic E-state index is 13.2. The number of benzene rings is 2. The van der Waals surface area contributed by atoms with Gasteiger partial charge in [-0.2, -0.15) is 0 Å². The zero-order valence-electron chi connectivity index (χ0n) is 20.9. The van der Waals surface area contributed by atoms with Crippen LogP contribution in [0.15, 0.2) is 48.5 Å². The summed E-state index contributed by atoms with van der Waals surface area (Å²) < 4.78 is 26.1. The first kappa shape index (κ1) is 27.4. The van der Waals surface area contributed by atoms with E-state index in [1.165, 1.54) is 10.6 Å².